The first-order chi connectivity index (χ1) is 15.6. The fourth-order valence-corrected chi connectivity index (χ4v) is 2.77. The van der Waals surface area contributed by atoms with Crippen LogP contribution in [-0.2, 0) is 20.9 Å². The Balaban J connectivity index is 1.30. The molecule has 0 unspecified atom stereocenters. The van der Waals surface area contributed by atoms with Crippen molar-refractivity contribution in [3.05, 3.63) is 84.7 Å². The minimum absolute atomic E-state index is 0.00119. The Labute approximate surface area is 186 Å². The number of pyridine rings is 1. The predicted octanol–water partition coefficient (Wildman–Crippen LogP) is 2.37. The van der Waals surface area contributed by atoms with Crippen molar-refractivity contribution >= 4 is 17.7 Å². The molecule has 0 fully saturated rings. The Bertz CT molecular complexity index is 1020. The molecule has 8 nitrogen and oxygen atoms in total. The number of aromatic nitrogens is 1. The molecule has 0 bridgehead atoms. The van der Waals surface area contributed by atoms with E-state index in [-0.39, 0.29) is 25.4 Å². The Morgan fingerprint density at radius 1 is 0.719 bits per heavy atom. The monoisotopic (exact) mass is 432 g/mol. The molecule has 0 aliphatic rings. The van der Waals surface area contributed by atoms with Gasteiger partial charge in [0.05, 0.1) is 12.2 Å². The largest absolute Gasteiger partial charge is 0.484 e. The Hall–Kier alpha value is -4.20. The number of amides is 3. The zero-order valence-electron chi connectivity index (χ0n) is 17.4. The summed E-state index contributed by atoms with van der Waals surface area (Å²) < 4.78 is 5.43. The maximum Gasteiger partial charge on any atom is 0.276 e. The first-order valence-electron chi connectivity index (χ1n) is 10.1. The number of carbonyl (C=O) groups is 3. The van der Waals surface area contributed by atoms with Crippen LogP contribution in [0.25, 0.3) is 11.1 Å². The molecule has 0 saturated carbocycles. The number of nitrogens with one attached hydrogen (secondary N) is 3. The molecule has 1 aromatic heterocycles. The first kappa shape index (κ1) is 22.5. The maximum absolute atomic E-state index is 11.9. The van der Waals surface area contributed by atoms with Crippen molar-refractivity contribution in [1.82, 2.24) is 21.2 Å². The predicted molar refractivity (Wildman–Crippen MR) is 119 cm³/mol. The zero-order chi connectivity index (χ0) is 22.6. The third-order valence-electron chi connectivity index (χ3n) is 4.44. The van der Waals surface area contributed by atoms with Crippen molar-refractivity contribution in [3.63, 3.8) is 0 Å². The molecule has 0 saturated heterocycles. The summed E-state index contributed by atoms with van der Waals surface area (Å²) in [5, 5.41) is 2.68. The van der Waals surface area contributed by atoms with Gasteiger partial charge in [0.15, 0.2) is 6.61 Å². The highest BCUT2D eigenvalue weighted by atomic mass is 16.5. The Morgan fingerprint density at radius 2 is 1.38 bits per heavy atom. The summed E-state index contributed by atoms with van der Waals surface area (Å²) in [6, 6.07) is 22.7. The molecular formula is C24H24N4O4. The second kappa shape index (κ2) is 11.8. The van der Waals surface area contributed by atoms with E-state index >= 15 is 0 Å². The molecule has 0 spiro atoms. The van der Waals surface area contributed by atoms with Gasteiger partial charge in [0, 0.05) is 19.0 Å². The molecule has 3 rings (SSSR count). The van der Waals surface area contributed by atoms with Crippen LogP contribution in [0.1, 0.15) is 18.5 Å². The number of benzene rings is 2. The van der Waals surface area contributed by atoms with E-state index in [1.54, 1.807) is 30.5 Å². The standard InChI is InChI=1S/C24H24N4O4/c29-22(26-16-20-8-4-5-15-25-20)13-14-23(30)27-28-24(31)17-32-21-11-9-19(10-12-21)18-6-2-1-3-7-18/h1-12,15H,13-14,16-17H2,(H,26,29)(H,27,30)(H,28,31). The third kappa shape index (κ3) is 7.56. The lowest BCUT2D eigenvalue weighted by molar-refractivity contribution is -0.131. The van der Waals surface area contributed by atoms with Crippen molar-refractivity contribution in [2.45, 2.75) is 19.4 Å². The fourth-order valence-electron chi connectivity index (χ4n) is 2.77. The Kier molecular flexibility index (Phi) is 8.33. The van der Waals surface area contributed by atoms with Crippen LogP contribution < -0.4 is 20.9 Å². The second-order valence-corrected chi connectivity index (χ2v) is 6.87. The van der Waals surface area contributed by atoms with Crippen molar-refractivity contribution in [3.8, 4) is 16.9 Å². The number of hydrazine groups is 1. The van der Waals surface area contributed by atoms with Crippen LogP contribution >= 0.6 is 0 Å². The van der Waals surface area contributed by atoms with Gasteiger partial charge >= 0.3 is 0 Å². The summed E-state index contributed by atoms with van der Waals surface area (Å²) in [5.74, 6) is -0.723. The van der Waals surface area contributed by atoms with Gasteiger partial charge in [0.1, 0.15) is 5.75 Å². The van der Waals surface area contributed by atoms with Gasteiger partial charge in [0.25, 0.3) is 5.91 Å². The molecule has 3 N–H and O–H groups in total. The molecule has 164 valence electrons. The number of nitrogens with zero attached hydrogens (tertiary/aromatic N) is 1. The van der Waals surface area contributed by atoms with Crippen LogP contribution in [0, 0.1) is 0 Å². The van der Waals surface area contributed by atoms with Gasteiger partial charge < -0.3 is 10.1 Å². The van der Waals surface area contributed by atoms with E-state index in [1.807, 2.05) is 48.5 Å². The van der Waals surface area contributed by atoms with Crippen LogP contribution in [0.3, 0.4) is 0 Å². The molecule has 32 heavy (non-hydrogen) atoms. The van der Waals surface area contributed by atoms with Gasteiger partial charge in [-0.3, -0.25) is 30.2 Å². The lowest BCUT2D eigenvalue weighted by atomic mass is 10.1. The van der Waals surface area contributed by atoms with Gasteiger partial charge in [0.2, 0.25) is 11.8 Å². The number of hydrogen-bond acceptors (Lipinski definition) is 5. The molecular weight excluding hydrogens is 408 g/mol. The van der Waals surface area contributed by atoms with E-state index in [4.69, 9.17) is 4.74 Å². The van der Waals surface area contributed by atoms with Crippen molar-refractivity contribution < 1.29 is 19.1 Å². The smallest absolute Gasteiger partial charge is 0.276 e. The Morgan fingerprint density at radius 3 is 2.09 bits per heavy atom. The summed E-state index contributed by atoms with van der Waals surface area (Å²) in [6.45, 7) is 0.0389. The lowest BCUT2D eigenvalue weighted by Crippen LogP contribution is -2.44. The maximum atomic E-state index is 11.9. The van der Waals surface area contributed by atoms with E-state index in [0.717, 1.165) is 16.8 Å². The lowest BCUT2D eigenvalue weighted by Gasteiger charge is -2.09. The van der Waals surface area contributed by atoms with Crippen molar-refractivity contribution in [2.24, 2.45) is 0 Å². The van der Waals surface area contributed by atoms with Gasteiger partial charge in [-0.25, -0.2) is 0 Å². The number of rotatable bonds is 9. The number of carbonyl (C=O) groups excluding carboxylic acids is 3. The van der Waals surface area contributed by atoms with E-state index < -0.39 is 11.8 Å². The van der Waals surface area contributed by atoms with Crippen LogP contribution in [0.15, 0.2) is 79.0 Å². The zero-order valence-corrected chi connectivity index (χ0v) is 17.4. The van der Waals surface area contributed by atoms with E-state index in [2.05, 4.69) is 21.2 Å². The molecule has 0 aliphatic carbocycles. The summed E-state index contributed by atoms with van der Waals surface area (Å²) in [4.78, 5) is 39.6. The highest BCUT2D eigenvalue weighted by Crippen LogP contribution is 2.21. The average Bonchev–Trinajstić information content (AvgIpc) is 2.85. The minimum Gasteiger partial charge on any atom is -0.484 e. The highest BCUT2D eigenvalue weighted by Gasteiger charge is 2.09. The van der Waals surface area contributed by atoms with E-state index in [1.165, 1.54) is 0 Å². The fraction of sp³-hybridized carbons (Fsp3) is 0.167. The molecule has 1 heterocycles. The number of hydrogen-bond donors (Lipinski definition) is 3. The molecule has 8 heteroatoms. The second-order valence-electron chi connectivity index (χ2n) is 6.87. The quantitative estimate of drug-likeness (QED) is 0.450. The van der Waals surface area contributed by atoms with Gasteiger partial charge in [-0.2, -0.15) is 0 Å². The molecule has 0 atom stereocenters. The van der Waals surface area contributed by atoms with Crippen molar-refractivity contribution in [1.29, 1.82) is 0 Å². The summed E-state index contributed by atoms with van der Waals surface area (Å²) in [7, 11) is 0. The third-order valence-corrected chi connectivity index (χ3v) is 4.44. The molecule has 0 aliphatic heterocycles. The van der Waals surface area contributed by atoms with Crippen LogP contribution in [-0.4, -0.2) is 29.3 Å². The number of ether oxygens (including phenoxy) is 1. The topological polar surface area (TPSA) is 109 Å². The van der Waals surface area contributed by atoms with Gasteiger partial charge in [-0.1, -0.05) is 48.5 Å². The first-order valence-corrected chi connectivity index (χ1v) is 10.1. The molecule has 0 radical (unpaired) electrons. The normalized spacial score (nSPS) is 10.1. The van der Waals surface area contributed by atoms with Crippen molar-refractivity contribution in [2.75, 3.05) is 6.61 Å². The summed E-state index contributed by atoms with van der Waals surface area (Å²) >= 11 is 0. The van der Waals surface area contributed by atoms with Gasteiger partial charge in [-0.15, -0.1) is 0 Å². The van der Waals surface area contributed by atoms with Gasteiger partial charge in [-0.05, 0) is 35.4 Å². The van der Waals surface area contributed by atoms with E-state index in [0.29, 0.717) is 12.3 Å². The average molecular weight is 432 g/mol. The van der Waals surface area contributed by atoms with Crippen LogP contribution in [0.2, 0.25) is 0 Å². The molecule has 2 aromatic carbocycles. The van der Waals surface area contributed by atoms with Crippen LogP contribution in [0.5, 0.6) is 5.75 Å². The van der Waals surface area contributed by atoms with E-state index in [9.17, 15) is 14.4 Å². The van der Waals surface area contributed by atoms with Crippen LogP contribution in [0.4, 0.5) is 0 Å². The highest BCUT2D eigenvalue weighted by molar-refractivity contribution is 5.86. The summed E-state index contributed by atoms with van der Waals surface area (Å²) in [5.41, 5.74) is 7.39. The molecule has 3 aromatic rings. The minimum atomic E-state index is -0.509. The molecule has 3 amide bonds. The SMILES string of the molecule is O=C(CCC(=O)NNC(=O)COc1ccc(-c2ccccc2)cc1)NCc1ccccn1. The summed E-state index contributed by atoms with van der Waals surface area (Å²) in [6.07, 6.45) is 1.58.